The molecule has 9 rings (SSSR count). The van der Waals surface area contributed by atoms with Gasteiger partial charge >= 0.3 is 0 Å². The van der Waals surface area contributed by atoms with Crippen molar-refractivity contribution < 1.29 is 0 Å². The van der Waals surface area contributed by atoms with Crippen LogP contribution < -0.4 is 0 Å². The second-order valence-corrected chi connectivity index (χ2v) is 10.6. The lowest BCUT2D eigenvalue weighted by molar-refractivity contribution is 1.18. The van der Waals surface area contributed by atoms with Gasteiger partial charge in [0.25, 0.3) is 0 Å². The van der Waals surface area contributed by atoms with E-state index in [4.69, 9.17) is 0 Å². The molecular weight excluding hydrogens is 484 g/mol. The van der Waals surface area contributed by atoms with Gasteiger partial charge in [-0.2, -0.15) is 0 Å². The van der Waals surface area contributed by atoms with Crippen LogP contribution in [-0.2, 0) is 0 Å². The predicted molar refractivity (Wildman–Crippen MR) is 170 cm³/mol. The molecule has 0 aliphatic rings. The number of nitrogens with zero attached hydrogens (tertiary/aromatic N) is 2. The highest BCUT2D eigenvalue weighted by atomic mass is 15.0. The molecule has 9 aromatic rings. The van der Waals surface area contributed by atoms with Gasteiger partial charge in [0.15, 0.2) is 0 Å². The van der Waals surface area contributed by atoms with Crippen LogP contribution in [0.1, 0.15) is 0 Å². The molecule has 0 spiro atoms. The highest BCUT2D eigenvalue weighted by Gasteiger charge is 2.19. The number of para-hydroxylation sites is 3. The fourth-order valence-electron chi connectivity index (χ4n) is 6.78. The normalized spacial score (nSPS) is 12.0. The van der Waals surface area contributed by atoms with E-state index in [1.54, 1.807) is 0 Å². The molecule has 0 radical (unpaired) electrons. The van der Waals surface area contributed by atoms with Crippen molar-refractivity contribution in [2.75, 3.05) is 0 Å². The monoisotopic (exact) mass is 508 g/mol. The molecule has 0 bridgehead atoms. The molecule has 0 aliphatic heterocycles. The van der Waals surface area contributed by atoms with Gasteiger partial charge in [-0.3, -0.25) is 0 Å². The highest BCUT2D eigenvalue weighted by Crippen LogP contribution is 2.42. The molecule has 186 valence electrons. The van der Waals surface area contributed by atoms with Crippen LogP contribution in [0.25, 0.3) is 76.7 Å². The van der Waals surface area contributed by atoms with Gasteiger partial charge in [-0.25, -0.2) is 0 Å². The second kappa shape index (κ2) is 8.08. The number of pyridine rings is 1. The molecule has 2 nitrogen and oxygen atoms in total. The van der Waals surface area contributed by atoms with Crippen molar-refractivity contribution in [3.8, 4) is 16.8 Å². The minimum absolute atomic E-state index is 1.17. The molecule has 2 heteroatoms. The molecule has 6 aromatic carbocycles. The van der Waals surface area contributed by atoms with Crippen LogP contribution in [0.2, 0.25) is 0 Å². The van der Waals surface area contributed by atoms with E-state index in [1.807, 2.05) is 0 Å². The third-order valence-electron chi connectivity index (χ3n) is 8.45. The Morgan fingerprint density at radius 1 is 0.350 bits per heavy atom. The van der Waals surface area contributed by atoms with Crippen LogP contribution in [0, 0.1) is 0 Å². The van der Waals surface area contributed by atoms with Crippen molar-refractivity contribution in [2.45, 2.75) is 0 Å². The molecule has 0 N–H and O–H groups in total. The summed E-state index contributed by atoms with van der Waals surface area (Å²) >= 11 is 0. The molecule has 0 amide bonds. The summed E-state index contributed by atoms with van der Waals surface area (Å²) in [5.41, 5.74) is 9.80. The Balaban J connectivity index is 1.47. The number of aromatic nitrogens is 2. The first-order valence-electron chi connectivity index (χ1n) is 13.8. The van der Waals surface area contributed by atoms with Crippen LogP contribution in [0.5, 0.6) is 0 Å². The van der Waals surface area contributed by atoms with Crippen molar-refractivity contribution >= 4 is 59.9 Å². The van der Waals surface area contributed by atoms with E-state index in [-0.39, 0.29) is 0 Å². The van der Waals surface area contributed by atoms with E-state index in [0.717, 1.165) is 0 Å². The summed E-state index contributed by atoms with van der Waals surface area (Å²) in [5.74, 6) is 0. The van der Waals surface area contributed by atoms with Crippen molar-refractivity contribution in [2.24, 2.45) is 0 Å². The van der Waals surface area contributed by atoms with Gasteiger partial charge in [-0.05, 0) is 53.6 Å². The molecule has 0 saturated heterocycles. The fourth-order valence-corrected chi connectivity index (χ4v) is 6.78. The molecular formula is C38H24N2. The van der Waals surface area contributed by atoms with Crippen LogP contribution in [-0.4, -0.2) is 8.97 Å². The molecule has 0 aliphatic carbocycles. The van der Waals surface area contributed by atoms with Crippen LogP contribution in [0.3, 0.4) is 0 Å². The first-order valence-corrected chi connectivity index (χ1v) is 13.8. The second-order valence-electron chi connectivity index (χ2n) is 10.6. The maximum atomic E-state index is 2.43. The average Bonchev–Trinajstić information content (AvgIpc) is 3.58. The highest BCUT2D eigenvalue weighted by molar-refractivity contribution is 6.31. The van der Waals surface area contributed by atoms with Gasteiger partial charge in [0.05, 0.1) is 27.6 Å². The van der Waals surface area contributed by atoms with E-state index >= 15 is 0 Å². The summed E-state index contributed by atoms with van der Waals surface area (Å²) in [5, 5.41) is 7.72. The van der Waals surface area contributed by atoms with Gasteiger partial charge in [0.2, 0.25) is 0 Å². The van der Waals surface area contributed by atoms with E-state index in [1.165, 1.54) is 76.7 Å². The summed E-state index contributed by atoms with van der Waals surface area (Å²) in [7, 11) is 0. The Morgan fingerprint density at radius 2 is 1.00 bits per heavy atom. The lowest BCUT2D eigenvalue weighted by Gasteiger charge is -2.13. The van der Waals surface area contributed by atoms with Crippen LogP contribution in [0.4, 0.5) is 0 Å². The summed E-state index contributed by atoms with van der Waals surface area (Å²) in [6, 6.07) is 52.9. The van der Waals surface area contributed by atoms with Crippen LogP contribution >= 0.6 is 0 Å². The first-order chi connectivity index (χ1) is 19.9. The molecule has 3 aromatic heterocycles. The van der Waals surface area contributed by atoms with Crippen molar-refractivity contribution in [3.63, 3.8) is 0 Å². The van der Waals surface area contributed by atoms with Crippen molar-refractivity contribution in [3.05, 3.63) is 146 Å². The SMILES string of the molecule is c1ccc(-c2cccc(-n3c4ccccc4c4c5c6ccccc6n6c7ccccc7cc6c5ccc43)c2)cc1. The lowest BCUT2D eigenvalue weighted by Crippen LogP contribution is -1.95. The average molecular weight is 509 g/mol. The van der Waals surface area contributed by atoms with E-state index in [2.05, 4.69) is 155 Å². The maximum absolute atomic E-state index is 2.43. The number of rotatable bonds is 2. The van der Waals surface area contributed by atoms with E-state index in [9.17, 15) is 0 Å². The largest absolute Gasteiger partial charge is 0.309 e. The number of fused-ring (bicyclic) bond motifs is 12. The standard InChI is InChI=1S/C38H24N2/c1-2-11-25(12-3-1)26-14-10-15-28(23-26)39-33-19-8-6-17-30(33)38-35(39)22-21-31-36-24-27-13-4-7-18-32(27)40(36)34-20-9-5-16-29(34)37(31)38/h1-24H. The minimum Gasteiger partial charge on any atom is -0.309 e. The summed E-state index contributed by atoms with van der Waals surface area (Å²) in [6.45, 7) is 0. The molecule has 0 fully saturated rings. The number of benzene rings is 6. The quantitative estimate of drug-likeness (QED) is 0.206. The maximum Gasteiger partial charge on any atom is 0.0547 e. The van der Waals surface area contributed by atoms with Crippen molar-refractivity contribution in [1.29, 1.82) is 0 Å². The Kier molecular flexibility index (Phi) is 4.36. The van der Waals surface area contributed by atoms with Crippen LogP contribution in [0.15, 0.2) is 146 Å². The zero-order valence-electron chi connectivity index (χ0n) is 21.8. The zero-order chi connectivity index (χ0) is 26.2. The lowest BCUT2D eigenvalue weighted by atomic mass is 9.99. The molecule has 40 heavy (non-hydrogen) atoms. The fraction of sp³-hybridized carbons (Fsp3) is 0. The van der Waals surface area contributed by atoms with Gasteiger partial charge < -0.3 is 8.97 Å². The smallest absolute Gasteiger partial charge is 0.0547 e. The topological polar surface area (TPSA) is 9.34 Å². The number of hydrogen-bond acceptors (Lipinski definition) is 0. The van der Waals surface area contributed by atoms with E-state index < -0.39 is 0 Å². The summed E-state index contributed by atoms with van der Waals surface area (Å²) in [4.78, 5) is 0. The van der Waals surface area contributed by atoms with Gasteiger partial charge in [-0.1, -0.05) is 103 Å². The molecule has 0 atom stereocenters. The van der Waals surface area contributed by atoms with Gasteiger partial charge in [0.1, 0.15) is 0 Å². The zero-order valence-corrected chi connectivity index (χ0v) is 21.8. The third-order valence-corrected chi connectivity index (χ3v) is 8.45. The van der Waals surface area contributed by atoms with E-state index in [0.29, 0.717) is 0 Å². The first kappa shape index (κ1) is 21.6. The Morgan fingerprint density at radius 3 is 1.85 bits per heavy atom. The Bertz CT molecular complexity index is 2420. The Hall–Kier alpha value is -5.34. The molecule has 3 heterocycles. The Labute approximate surface area is 230 Å². The van der Waals surface area contributed by atoms with Crippen molar-refractivity contribution in [1.82, 2.24) is 8.97 Å². The molecule has 0 saturated carbocycles. The third kappa shape index (κ3) is 2.88. The summed E-state index contributed by atoms with van der Waals surface area (Å²) < 4.78 is 4.87. The predicted octanol–water partition coefficient (Wildman–Crippen LogP) is 10.2. The van der Waals surface area contributed by atoms with Gasteiger partial charge in [-0.15, -0.1) is 0 Å². The summed E-state index contributed by atoms with van der Waals surface area (Å²) in [6.07, 6.45) is 0. The number of hydrogen-bond donors (Lipinski definition) is 0. The van der Waals surface area contributed by atoms with Gasteiger partial charge in [0, 0.05) is 38.0 Å². The minimum atomic E-state index is 1.17. The molecule has 0 unspecified atom stereocenters.